The van der Waals surface area contributed by atoms with E-state index in [9.17, 15) is 23.3 Å². The third-order valence-electron chi connectivity index (χ3n) is 4.81. The molecule has 0 aliphatic carbocycles. The molecular formula is C22H29N3O7S. The van der Waals surface area contributed by atoms with Crippen LogP contribution in [0.3, 0.4) is 0 Å². The predicted molar refractivity (Wildman–Crippen MR) is 125 cm³/mol. The van der Waals surface area contributed by atoms with Crippen LogP contribution in [0, 0.1) is 24.0 Å². The highest BCUT2D eigenvalue weighted by Crippen LogP contribution is 2.35. The molecule has 2 aromatic rings. The summed E-state index contributed by atoms with van der Waals surface area (Å²) in [5.41, 5.74) is 1.70. The van der Waals surface area contributed by atoms with Crippen LogP contribution >= 0.6 is 0 Å². The lowest BCUT2D eigenvalue weighted by Crippen LogP contribution is -2.50. The number of non-ortho nitro benzene ring substituents is 1. The number of sulfonamides is 1. The summed E-state index contributed by atoms with van der Waals surface area (Å²) >= 11 is 0. The number of carbonyl (C=O) groups is 1. The summed E-state index contributed by atoms with van der Waals surface area (Å²) < 4.78 is 37.1. The topological polar surface area (TPSA) is 128 Å². The molecule has 1 N–H and O–H groups in total. The Morgan fingerprint density at radius 2 is 1.82 bits per heavy atom. The molecule has 1 unspecified atom stereocenters. The summed E-state index contributed by atoms with van der Waals surface area (Å²) in [7, 11) is -2.68. The second-order valence-corrected chi connectivity index (χ2v) is 9.42. The monoisotopic (exact) mass is 479 g/mol. The van der Waals surface area contributed by atoms with E-state index in [2.05, 4.69) is 5.32 Å². The number of benzene rings is 2. The van der Waals surface area contributed by atoms with E-state index in [1.165, 1.54) is 19.2 Å². The van der Waals surface area contributed by atoms with Gasteiger partial charge in [0.05, 0.1) is 24.8 Å². The summed E-state index contributed by atoms with van der Waals surface area (Å²) in [6.45, 7) is 5.89. The summed E-state index contributed by atoms with van der Waals surface area (Å²) in [5, 5.41) is 13.9. The second kappa shape index (κ2) is 11.0. The van der Waals surface area contributed by atoms with Crippen LogP contribution in [-0.2, 0) is 14.8 Å². The van der Waals surface area contributed by atoms with Gasteiger partial charge in [-0.2, -0.15) is 0 Å². The minimum atomic E-state index is -3.99. The molecule has 0 fully saturated rings. The number of rotatable bonds is 11. The Morgan fingerprint density at radius 3 is 2.33 bits per heavy atom. The van der Waals surface area contributed by atoms with Crippen molar-refractivity contribution in [3.8, 4) is 11.5 Å². The average molecular weight is 480 g/mol. The molecular weight excluding hydrogens is 450 g/mol. The molecule has 1 atom stereocenters. The molecule has 0 aromatic heterocycles. The molecule has 0 bridgehead atoms. The van der Waals surface area contributed by atoms with Gasteiger partial charge in [-0.05, 0) is 49.6 Å². The lowest BCUT2D eigenvalue weighted by molar-refractivity contribution is -0.384. The van der Waals surface area contributed by atoms with E-state index in [1.54, 1.807) is 6.92 Å². The number of anilines is 1. The Bertz CT molecular complexity index is 1100. The van der Waals surface area contributed by atoms with Crippen molar-refractivity contribution in [2.24, 2.45) is 0 Å². The van der Waals surface area contributed by atoms with Crippen molar-refractivity contribution in [2.45, 2.75) is 33.2 Å². The van der Waals surface area contributed by atoms with Gasteiger partial charge in [0.15, 0.2) is 0 Å². The smallest absolute Gasteiger partial charge is 0.271 e. The molecule has 1 amide bonds. The van der Waals surface area contributed by atoms with Crippen LogP contribution in [0.5, 0.6) is 11.5 Å². The number of ether oxygens (including phenoxy) is 2. The Hall–Kier alpha value is -3.34. The van der Waals surface area contributed by atoms with E-state index >= 15 is 0 Å². The van der Waals surface area contributed by atoms with Gasteiger partial charge >= 0.3 is 0 Å². The van der Waals surface area contributed by atoms with Gasteiger partial charge in [-0.3, -0.25) is 19.2 Å². The van der Waals surface area contributed by atoms with Crippen molar-refractivity contribution in [1.82, 2.24) is 5.32 Å². The van der Waals surface area contributed by atoms with Crippen LogP contribution in [-0.4, -0.2) is 51.8 Å². The molecule has 0 saturated carbocycles. The largest absolute Gasteiger partial charge is 0.495 e. The number of amides is 1. The fourth-order valence-corrected chi connectivity index (χ4v) is 4.68. The zero-order chi connectivity index (χ0) is 24.8. The van der Waals surface area contributed by atoms with Gasteiger partial charge in [-0.15, -0.1) is 0 Å². The number of nitro benzene ring substituents is 1. The summed E-state index contributed by atoms with van der Waals surface area (Å²) in [6.07, 6.45) is 1.06. The molecule has 0 aliphatic rings. The number of nitro groups is 1. The van der Waals surface area contributed by atoms with Crippen LogP contribution in [0.15, 0.2) is 36.4 Å². The van der Waals surface area contributed by atoms with Crippen LogP contribution < -0.4 is 19.1 Å². The van der Waals surface area contributed by atoms with Crippen molar-refractivity contribution in [2.75, 3.05) is 30.8 Å². The highest BCUT2D eigenvalue weighted by atomic mass is 32.2. The van der Waals surface area contributed by atoms with Gasteiger partial charge < -0.3 is 14.8 Å². The van der Waals surface area contributed by atoms with E-state index in [4.69, 9.17) is 9.47 Å². The van der Waals surface area contributed by atoms with Gasteiger partial charge in [0, 0.05) is 12.1 Å². The van der Waals surface area contributed by atoms with Crippen LogP contribution in [0.4, 0.5) is 11.4 Å². The quantitative estimate of drug-likeness (QED) is 0.298. The fourth-order valence-electron chi connectivity index (χ4n) is 3.48. The first kappa shape index (κ1) is 25.9. The standard InChI is InChI=1S/C22H29N3O7S/c1-6-19(22(26)23-9-10-32-18-12-15(2)11-16(3)13-18)24(33(5,29)30)20-14-17(25(27)28)7-8-21(20)31-4/h7-8,11-14,19H,6,9-10H2,1-5H3,(H,23,26). The van der Waals surface area contributed by atoms with Crippen molar-refractivity contribution >= 4 is 27.3 Å². The normalized spacial score (nSPS) is 12.0. The number of aryl methyl sites for hydroxylation is 2. The lowest BCUT2D eigenvalue weighted by atomic mass is 10.1. The first-order valence-corrected chi connectivity index (χ1v) is 12.1. The molecule has 0 aliphatic heterocycles. The lowest BCUT2D eigenvalue weighted by Gasteiger charge is -2.30. The number of nitrogens with one attached hydrogen (secondary N) is 1. The van der Waals surface area contributed by atoms with E-state index in [0.29, 0.717) is 5.75 Å². The van der Waals surface area contributed by atoms with Gasteiger partial charge in [0.25, 0.3) is 5.69 Å². The molecule has 180 valence electrons. The molecule has 2 aromatic carbocycles. The maximum Gasteiger partial charge on any atom is 0.271 e. The summed E-state index contributed by atoms with van der Waals surface area (Å²) in [4.78, 5) is 23.5. The molecule has 0 saturated heterocycles. The highest BCUT2D eigenvalue weighted by molar-refractivity contribution is 7.92. The van der Waals surface area contributed by atoms with Gasteiger partial charge in [0.2, 0.25) is 15.9 Å². The van der Waals surface area contributed by atoms with E-state index in [-0.39, 0.29) is 36.7 Å². The number of carbonyl (C=O) groups excluding carboxylic acids is 1. The third kappa shape index (κ3) is 6.82. The van der Waals surface area contributed by atoms with Crippen molar-refractivity contribution in [3.63, 3.8) is 0 Å². The van der Waals surface area contributed by atoms with Crippen LogP contribution in [0.2, 0.25) is 0 Å². The van der Waals surface area contributed by atoms with Gasteiger partial charge in [0.1, 0.15) is 29.8 Å². The Kier molecular flexibility index (Phi) is 8.63. The highest BCUT2D eigenvalue weighted by Gasteiger charge is 2.34. The zero-order valence-electron chi connectivity index (χ0n) is 19.3. The van der Waals surface area contributed by atoms with Crippen LogP contribution in [0.1, 0.15) is 24.5 Å². The number of hydrogen-bond acceptors (Lipinski definition) is 7. The first-order chi connectivity index (χ1) is 15.5. The van der Waals surface area contributed by atoms with Crippen molar-refractivity contribution < 1.29 is 27.6 Å². The average Bonchev–Trinajstić information content (AvgIpc) is 2.72. The number of nitrogens with zero attached hydrogens (tertiary/aromatic N) is 2. The molecule has 0 heterocycles. The maximum atomic E-state index is 12.9. The summed E-state index contributed by atoms with van der Waals surface area (Å²) in [6, 6.07) is 8.22. The zero-order valence-corrected chi connectivity index (χ0v) is 20.1. The Balaban J connectivity index is 2.22. The van der Waals surface area contributed by atoms with Crippen LogP contribution in [0.25, 0.3) is 0 Å². The molecule has 11 heteroatoms. The Labute approximate surface area is 193 Å². The second-order valence-electron chi connectivity index (χ2n) is 7.56. The third-order valence-corrected chi connectivity index (χ3v) is 5.97. The van der Waals surface area contributed by atoms with Crippen molar-refractivity contribution in [3.05, 3.63) is 57.6 Å². The molecule has 0 spiro atoms. The van der Waals surface area contributed by atoms with E-state index in [1.807, 2.05) is 32.0 Å². The first-order valence-electron chi connectivity index (χ1n) is 10.3. The fraction of sp³-hybridized carbons (Fsp3) is 0.409. The van der Waals surface area contributed by atoms with E-state index < -0.39 is 26.9 Å². The minimum absolute atomic E-state index is 0.0808. The molecule has 2 rings (SSSR count). The van der Waals surface area contributed by atoms with Gasteiger partial charge in [-0.1, -0.05) is 13.0 Å². The molecule has 33 heavy (non-hydrogen) atoms. The van der Waals surface area contributed by atoms with Crippen molar-refractivity contribution in [1.29, 1.82) is 0 Å². The SMILES string of the molecule is CCC(C(=O)NCCOc1cc(C)cc(C)c1)N(c1cc([N+](=O)[O-])ccc1OC)S(C)(=O)=O. The molecule has 10 nitrogen and oxygen atoms in total. The number of methoxy groups -OCH3 is 1. The Morgan fingerprint density at radius 1 is 1.18 bits per heavy atom. The number of hydrogen-bond donors (Lipinski definition) is 1. The predicted octanol–water partition coefficient (Wildman–Crippen LogP) is 2.96. The minimum Gasteiger partial charge on any atom is -0.495 e. The van der Waals surface area contributed by atoms with E-state index in [0.717, 1.165) is 27.8 Å². The summed E-state index contributed by atoms with van der Waals surface area (Å²) in [5.74, 6) is 0.212. The maximum absolute atomic E-state index is 12.9. The molecule has 0 radical (unpaired) electrons. The van der Waals surface area contributed by atoms with Gasteiger partial charge in [-0.25, -0.2) is 8.42 Å².